The zero-order valence-corrected chi connectivity index (χ0v) is 18.9. The van der Waals surface area contributed by atoms with E-state index in [-0.39, 0.29) is 17.6 Å². The maximum atomic E-state index is 12.4. The van der Waals surface area contributed by atoms with Gasteiger partial charge in [-0.1, -0.05) is 24.3 Å². The van der Waals surface area contributed by atoms with Crippen molar-refractivity contribution in [2.45, 2.75) is 33.1 Å². The van der Waals surface area contributed by atoms with Crippen LogP contribution in [0.1, 0.15) is 50.7 Å². The van der Waals surface area contributed by atoms with Gasteiger partial charge in [0.15, 0.2) is 10.9 Å². The highest BCUT2D eigenvalue weighted by atomic mass is 32.1. The lowest BCUT2D eigenvalue weighted by Crippen LogP contribution is -2.25. The average molecular weight is 451 g/mol. The van der Waals surface area contributed by atoms with Gasteiger partial charge in [0.2, 0.25) is 5.91 Å². The first-order valence-corrected chi connectivity index (χ1v) is 11.1. The van der Waals surface area contributed by atoms with Crippen molar-refractivity contribution in [3.63, 3.8) is 0 Å². The summed E-state index contributed by atoms with van der Waals surface area (Å²) in [7, 11) is 0. The van der Waals surface area contributed by atoms with Crippen molar-refractivity contribution in [2.75, 3.05) is 17.6 Å². The van der Waals surface area contributed by atoms with Crippen LogP contribution in [0.3, 0.4) is 0 Å². The van der Waals surface area contributed by atoms with Crippen LogP contribution in [-0.2, 0) is 24.1 Å². The van der Waals surface area contributed by atoms with E-state index >= 15 is 0 Å². The van der Waals surface area contributed by atoms with Gasteiger partial charge >= 0.3 is 0 Å². The van der Waals surface area contributed by atoms with Gasteiger partial charge in [0.05, 0.1) is 5.69 Å². The summed E-state index contributed by atoms with van der Waals surface area (Å²) in [6.07, 6.45) is 2.12. The number of hydrogen-bond acceptors (Lipinski definition) is 6. The van der Waals surface area contributed by atoms with Gasteiger partial charge in [-0.05, 0) is 49.6 Å². The largest absolute Gasteiger partial charge is 0.399 e. The zero-order valence-electron chi connectivity index (χ0n) is 18.1. The number of benzene rings is 2. The lowest BCUT2D eigenvalue weighted by molar-refractivity contribution is -0.114. The first-order valence-electron chi connectivity index (χ1n) is 10.3. The molecule has 3 aromatic rings. The maximum Gasteiger partial charge on any atom is 0.251 e. The molecule has 1 heterocycles. The molecule has 3 rings (SSSR count). The fourth-order valence-corrected chi connectivity index (χ4v) is 4.23. The number of nitrogens with one attached hydrogen (secondary N) is 2. The lowest BCUT2D eigenvalue weighted by atomic mass is 10.1. The fourth-order valence-electron chi connectivity index (χ4n) is 3.17. The molecule has 0 fully saturated rings. The van der Waals surface area contributed by atoms with Crippen molar-refractivity contribution >= 4 is 39.8 Å². The number of carbonyl (C=O) groups is 3. The van der Waals surface area contributed by atoms with Gasteiger partial charge in [-0.15, -0.1) is 11.3 Å². The summed E-state index contributed by atoms with van der Waals surface area (Å²) >= 11 is 1.43. The van der Waals surface area contributed by atoms with Crippen molar-refractivity contribution in [2.24, 2.45) is 0 Å². The number of aryl methyl sites for hydroxylation is 2. The van der Waals surface area contributed by atoms with Crippen LogP contribution in [0.5, 0.6) is 0 Å². The number of nitrogens with zero attached hydrogens (tertiary/aromatic N) is 1. The smallest absolute Gasteiger partial charge is 0.251 e. The predicted molar refractivity (Wildman–Crippen MR) is 127 cm³/mol. The van der Waals surface area contributed by atoms with Crippen molar-refractivity contribution < 1.29 is 14.4 Å². The Labute approximate surface area is 191 Å². The van der Waals surface area contributed by atoms with Crippen LogP contribution in [0.25, 0.3) is 0 Å². The van der Waals surface area contributed by atoms with E-state index in [9.17, 15) is 14.4 Å². The molecular weight excluding hydrogens is 424 g/mol. The molecule has 7 nitrogen and oxygen atoms in total. The highest BCUT2D eigenvalue weighted by Gasteiger charge is 2.13. The second kappa shape index (κ2) is 10.7. The summed E-state index contributed by atoms with van der Waals surface area (Å²) in [6, 6.07) is 14.3. The summed E-state index contributed by atoms with van der Waals surface area (Å²) in [4.78, 5) is 40.8. The molecule has 0 saturated carbocycles. The average Bonchev–Trinajstić information content (AvgIpc) is 3.14. The Morgan fingerprint density at radius 1 is 0.906 bits per heavy atom. The van der Waals surface area contributed by atoms with E-state index in [1.165, 1.54) is 25.2 Å². The third kappa shape index (κ3) is 6.49. The number of carbonyl (C=O) groups excluding carboxylic acids is 3. The van der Waals surface area contributed by atoms with Crippen molar-refractivity contribution in [3.8, 4) is 0 Å². The van der Waals surface area contributed by atoms with E-state index < -0.39 is 0 Å². The second-order valence-corrected chi connectivity index (χ2v) is 8.53. The van der Waals surface area contributed by atoms with E-state index in [1.54, 1.807) is 24.3 Å². The normalized spacial score (nSPS) is 10.6. The minimum absolute atomic E-state index is 0.0383. The highest BCUT2D eigenvalue weighted by molar-refractivity contribution is 7.15. The van der Waals surface area contributed by atoms with E-state index in [0.717, 1.165) is 34.7 Å². The van der Waals surface area contributed by atoms with E-state index in [0.29, 0.717) is 29.2 Å². The summed E-state index contributed by atoms with van der Waals surface area (Å²) in [5, 5.41) is 6.22. The highest BCUT2D eigenvalue weighted by Crippen LogP contribution is 2.25. The molecule has 0 unspecified atom stereocenters. The molecule has 2 amide bonds. The molecule has 0 saturated heterocycles. The number of nitrogen functional groups attached to an aromatic ring is 1. The molecule has 2 aromatic carbocycles. The number of thiazole rings is 1. The first kappa shape index (κ1) is 23.1. The molecule has 0 aliphatic heterocycles. The molecule has 0 aliphatic carbocycles. The van der Waals surface area contributed by atoms with Crippen molar-refractivity contribution in [3.05, 3.63) is 75.8 Å². The standard InChI is InChI=1S/C24H26N4O3S/c1-15(29)18-6-8-19(9-7-18)23(31)26-14-13-22-21(28-24(32-22)27-16(2)30)12-5-17-3-10-20(25)11-4-17/h3-4,6-11H,5,12-14,25H2,1-2H3,(H,26,31)(H,27,28,30). The van der Waals surface area contributed by atoms with Crippen molar-refractivity contribution in [1.29, 1.82) is 0 Å². The van der Waals surface area contributed by atoms with Gasteiger partial charge in [-0.25, -0.2) is 4.98 Å². The molecule has 0 atom stereocenters. The van der Waals surface area contributed by atoms with Crippen molar-refractivity contribution in [1.82, 2.24) is 10.3 Å². The number of amides is 2. The van der Waals surface area contributed by atoms with E-state index in [1.807, 2.05) is 24.3 Å². The Morgan fingerprint density at radius 3 is 2.19 bits per heavy atom. The van der Waals surface area contributed by atoms with Gasteiger partial charge in [-0.2, -0.15) is 0 Å². The number of rotatable bonds is 9. The number of nitrogens with two attached hydrogens (primary N) is 1. The molecule has 0 radical (unpaired) electrons. The SMILES string of the molecule is CC(=O)Nc1nc(CCc2ccc(N)cc2)c(CCNC(=O)c2ccc(C(C)=O)cc2)s1. The topological polar surface area (TPSA) is 114 Å². The zero-order chi connectivity index (χ0) is 23.1. The number of hydrogen-bond donors (Lipinski definition) is 3. The lowest BCUT2D eigenvalue weighted by Gasteiger charge is -2.06. The molecule has 0 spiro atoms. The Bertz CT molecular complexity index is 1110. The maximum absolute atomic E-state index is 12.4. The number of Topliss-reactive ketones (excluding diaryl/α,β-unsaturated/α-hetero) is 1. The van der Waals surface area contributed by atoms with Gasteiger partial charge < -0.3 is 16.4 Å². The van der Waals surface area contributed by atoms with Crippen LogP contribution in [0.15, 0.2) is 48.5 Å². The van der Waals surface area contributed by atoms with Gasteiger partial charge in [0.1, 0.15) is 0 Å². The third-order valence-corrected chi connectivity index (χ3v) is 5.96. The Hall–Kier alpha value is -3.52. The number of ketones is 1. The first-order chi connectivity index (χ1) is 15.3. The van der Waals surface area contributed by atoms with Crippen LogP contribution in [0.2, 0.25) is 0 Å². The minimum atomic E-state index is -0.199. The molecule has 32 heavy (non-hydrogen) atoms. The van der Waals surface area contributed by atoms with Crippen LogP contribution >= 0.6 is 11.3 Å². The molecule has 0 bridgehead atoms. The molecule has 8 heteroatoms. The van der Waals surface area contributed by atoms with Gasteiger partial charge in [-0.3, -0.25) is 14.4 Å². The van der Waals surface area contributed by atoms with Gasteiger partial charge in [0, 0.05) is 41.6 Å². The number of anilines is 2. The molecule has 4 N–H and O–H groups in total. The quantitative estimate of drug-likeness (QED) is 0.340. The molecule has 166 valence electrons. The third-order valence-electron chi connectivity index (χ3n) is 4.88. The Morgan fingerprint density at radius 2 is 1.56 bits per heavy atom. The summed E-state index contributed by atoms with van der Waals surface area (Å²) in [5.41, 5.74) is 9.61. The van der Waals surface area contributed by atoms with Crippen LogP contribution in [-0.4, -0.2) is 29.1 Å². The summed E-state index contributed by atoms with van der Waals surface area (Å²) < 4.78 is 0. The Kier molecular flexibility index (Phi) is 7.72. The van der Waals surface area contributed by atoms with Gasteiger partial charge in [0.25, 0.3) is 5.91 Å². The van der Waals surface area contributed by atoms with Crippen LogP contribution in [0, 0.1) is 0 Å². The minimum Gasteiger partial charge on any atom is -0.399 e. The second-order valence-electron chi connectivity index (χ2n) is 7.45. The molecule has 0 aliphatic rings. The monoisotopic (exact) mass is 450 g/mol. The summed E-state index contributed by atoms with van der Waals surface area (Å²) in [6.45, 7) is 3.38. The summed E-state index contributed by atoms with van der Waals surface area (Å²) in [5.74, 6) is -0.406. The number of aromatic nitrogens is 1. The molecular formula is C24H26N4O3S. The predicted octanol–water partition coefficient (Wildman–Crippen LogP) is 3.64. The molecule has 1 aromatic heterocycles. The van der Waals surface area contributed by atoms with Crippen LogP contribution < -0.4 is 16.4 Å². The van der Waals surface area contributed by atoms with Crippen LogP contribution in [0.4, 0.5) is 10.8 Å². The van der Waals surface area contributed by atoms with E-state index in [2.05, 4.69) is 15.6 Å². The Balaban J connectivity index is 1.62. The van der Waals surface area contributed by atoms with E-state index in [4.69, 9.17) is 5.73 Å². The fraction of sp³-hybridized carbons (Fsp3) is 0.250.